The number of nitrogens with one attached hydrogen (secondary N) is 2. The van der Waals surface area contributed by atoms with Gasteiger partial charge >= 0.3 is 0 Å². The summed E-state index contributed by atoms with van der Waals surface area (Å²) in [6.45, 7) is -0.142. The van der Waals surface area contributed by atoms with Gasteiger partial charge in [0.25, 0.3) is 0 Å². The van der Waals surface area contributed by atoms with Gasteiger partial charge in [-0.25, -0.2) is 0 Å². The standard InChI is InChI=1S/C18H21N3O4/c1-24-14-6-3-12(4-7-14)9-17(22)20-13-5-8-16(25-2)15(10-13)21-18(23)11-19/h3-8,10H,9,11,19H2,1-2H3,(H,20,22)(H,21,23). The Morgan fingerprint density at radius 3 is 2.28 bits per heavy atom. The molecule has 4 N–H and O–H groups in total. The van der Waals surface area contributed by atoms with Gasteiger partial charge in [-0.3, -0.25) is 9.59 Å². The van der Waals surface area contributed by atoms with Gasteiger partial charge in [0.2, 0.25) is 11.8 Å². The van der Waals surface area contributed by atoms with Crippen molar-refractivity contribution in [3.8, 4) is 11.5 Å². The van der Waals surface area contributed by atoms with Gasteiger partial charge in [0.05, 0.1) is 32.9 Å². The summed E-state index contributed by atoms with van der Waals surface area (Å²) in [6.07, 6.45) is 0.223. The molecule has 0 spiro atoms. The summed E-state index contributed by atoms with van der Waals surface area (Å²) in [4.78, 5) is 23.7. The van der Waals surface area contributed by atoms with Crippen LogP contribution in [0.5, 0.6) is 11.5 Å². The first kappa shape index (κ1) is 18.3. The minimum atomic E-state index is -0.347. The number of hydrogen-bond donors (Lipinski definition) is 3. The fraction of sp³-hybridized carbons (Fsp3) is 0.222. The number of rotatable bonds is 7. The average Bonchev–Trinajstić information content (AvgIpc) is 2.62. The van der Waals surface area contributed by atoms with Gasteiger partial charge in [0.15, 0.2) is 0 Å². The predicted molar refractivity (Wildman–Crippen MR) is 96.0 cm³/mol. The molecule has 25 heavy (non-hydrogen) atoms. The van der Waals surface area contributed by atoms with Crippen molar-refractivity contribution < 1.29 is 19.1 Å². The molecule has 0 bridgehead atoms. The fourth-order valence-electron chi connectivity index (χ4n) is 2.22. The van der Waals surface area contributed by atoms with Gasteiger partial charge in [-0.15, -0.1) is 0 Å². The number of hydrogen-bond acceptors (Lipinski definition) is 5. The zero-order valence-electron chi connectivity index (χ0n) is 14.2. The summed E-state index contributed by atoms with van der Waals surface area (Å²) < 4.78 is 10.3. The highest BCUT2D eigenvalue weighted by Crippen LogP contribution is 2.27. The Kier molecular flexibility index (Phi) is 6.36. The van der Waals surface area contributed by atoms with Crippen LogP contribution in [0, 0.1) is 0 Å². The molecule has 0 aliphatic carbocycles. The Morgan fingerprint density at radius 2 is 1.68 bits per heavy atom. The van der Waals surface area contributed by atoms with E-state index in [1.54, 1.807) is 37.4 Å². The molecule has 0 heterocycles. The van der Waals surface area contributed by atoms with Crippen LogP contribution in [0.25, 0.3) is 0 Å². The van der Waals surface area contributed by atoms with Crippen molar-refractivity contribution in [3.05, 3.63) is 48.0 Å². The maximum absolute atomic E-state index is 12.2. The molecule has 7 heteroatoms. The lowest BCUT2D eigenvalue weighted by atomic mass is 10.1. The zero-order valence-corrected chi connectivity index (χ0v) is 14.2. The number of carbonyl (C=O) groups excluding carboxylic acids is 2. The van der Waals surface area contributed by atoms with E-state index in [4.69, 9.17) is 15.2 Å². The molecule has 2 rings (SSSR count). The van der Waals surface area contributed by atoms with Crippen LogP contribution in [0.3, 0.4) is 0 Å². The quantitative estimate of drug-likeness (QED) is 0.711. The lowest BCUT2D eigenvalue weighted by molar-refractivity contribution is -0.116. The van der Waals surface area contributed by atoms with Crippen LogP contribution >= 0.6 is 0 Å². The Labute approximate surface area is 146 Å². The lowest BCUT2D eigenvalue weighted by Gasteiger charge is -2.12. The molecule has 132 valence electrons. The normalized spacial score (nSPS) is 10.0. The summed E-state index contributed by atoms with van der Waals surface area (Å²) >= 11 is 0. The molecule has 0 atom stereocenters. The number of amides is 2. The molecule has 0 unspecified atom stereocenters. The van der Waals surface area contributed by atoms with E-state index >= 15 is 0 Å². The van der Waals surface area contributed by atoms with E-state index in [2.05, 4.69) is 10.6 Å². The molecule has 0 saturated heterocycles. The van der Waals surface area contributed by atoms with E-state index in [9.17, 15) is 9.59 Å². The molecule has 0 aromatic heterocycles. The largest absolute Gasteiger partial charge is 0.497 e. The van der Waals surface area contributed by atoms with Crippen molar-refractivity contribution >= 4 is 23.2 Å². The highest BCUT2D eigenvalue weighted by Gasteiger charge is 2.10. The van der Waals surface area contributed by atoms with Crippen LogP contribution in [-0.2, 0) is 16.0 Å². The van der Waals surface area contributed by atoms with Crippen LogP contribution in [0.1, 0.15) is 5.56 Å². The topological polar surface area (TPSA) is 103 Å². The van der Waals surface area contributed by atoms with Crippen molar-refractivity contribution in [1.29, 1.82) is 0 Å². The fourth-order valence-corrected chi connectivity index (χ4v) is 2.22. The van der Waals surface area contributed by atoms with E-state index in [-0.39, 0.29) is 24.8 Å². The van der Waals surface area contributed by atoms with Crippen LogP contribution in [-0.4, -0.2) is 32.6 Å². The maximum atomic E-state index is 12.2. The Bertz CT molecular complexity index is 744. The number of carbonyl (C=O) groups is 2. The molecule has 0 fully saturated rings. The molecule has 2 aromatic carbocycles. The van der Waals surface area contributed by atoms with Crippen molar-refractivity contribution in [2.24, 2.45) is 5.73 Å². The highest BCUT2D eigenvalue weighted by atomic mass is 16.5. The van der Waals surface area contributed by atoms with Crippen LogP contribution in [0.15, 0.2) is 42.5 Å². The van der Waals surface area contributed by atoms with Gasteiger partial charge in [-0.1, -0.05) is 12.1 Å². The van der Waals surface area contributed by atoms with Crippen LogP contribution in [0.4, 0.5) is 11.4 Å². The molecule has 7 nitrogen and oxygen atoms in total. The average molecular weight is 343 g/mol. The third-order valence-corrected chi connectivity index (χ3v) is 3.47. The highest BCUT2D eigenvalue weighted by molar-refractivity contribution is 5.96. The lowest BCUT2D eigenvalue weighted by Crippen LogP contribution is -2.22. The van der Waals surface area contributed by atoms with E-state index in [0.29, 0.717) is 17.1 Å². The van der Waals surface area contributed by atoms with E-state index < -0.39 is 0 Å². The number of nitrogens with two attached hydrogens (primary N) is 1. The van der Waals surface area contributed by atoms with Crippen molar-refractivity contribution in [2.75, 3.05) is 31.4 Å². The third-order valence-electron chi connectivity index (χ3n) is 3.47. The minimum Gasteiger partial charge on any atom is -0.497 e. The SMILES string of the molecule is COc1ccc(CC(=O)Nc2ccc(OC)c(NC(=O)CN)c2)cc1. The second-order valence-corrected chi connectivity index (χ2v) is 5.24. The maximum Gasteiger partial charge on any atom is 0.238 e. The molecule has 0 aliphatic rings. The summed E-state index contributed by atoms with van der Waals surface area (Å²) in [5.74, 6) is 0.695. The predicted octanol–water partition coefficient (Wildman–Crippen LogP) is 1.78. The smallest absolute Gasteiger partial charge is 0.238 e. The van der Waals surface area contributed by atoms with Crippen LogP contribution in [0.2, 0.25) is 0 Å². The first-order valence-corrected chi connectivity index (χ1v) is 7.66. The molecular formula is C18H21N3O4. The monoisotopic (exact) mass is 343 g/mol. The molecule has 0 aliphatic heterocycles. The number of benzene rings is 2. The Balaban J connectivity index is 2.06. The van der Waals surface area contributed by atoms with Crippen molar-refractivity contribution in [2.45, 2.75) is 6.42 Å². The second-order valence-electron chi connectivity index (χ2n) is 5.24. The molecule has 0 saturated carbocycles. The zero-order chi connectivity index (χ0) is 18.2. The number of methoxy groups -OCH3 is 2. The van der Waals surface area contributed by atoms with Crippen molar-refractivity contribution in [1.82, 2.24) is 0 Å². The minimum absolute atomic E-state index is 0.142. The first-order chi connectivity index (χ1) is 12.0. The van der Waals surface area contributed by atoms with Gasteiger partial charge in [0.1, 0.15) is 11.5 Å². The molecular weight excluding hydrogens is 322 g/mol. The Morgan fingerprint density at radius 1 is 0.960 bits per heavy atom. The summed E-state index contributed by atoms with van der Waals surface area (Å²) in [7, 11) is 3.09. The first-order valence-electron chi connectivity index (χ1n) is 7.66. The third kappa shape index (κ3) is 5.22. The van der Waals surface area contributed by atoms with Gasteiger partial charge < -0.3 is 25.8 Å². The molecule has 2 amide bonds. The van der Waals surface area contributed by atoms with Crippen LogP contribution < -0.4 is 25.8 Å². The number of ether oxygens (including phenoxy) is 2. The van der Waals surface area contributed by atoms with Gasteiger partial charge in [0, 0.05) is 5.69 Å². The second kappa shape index (κ2) is 8.70. The van der Waals surface area contributed by atoms with Gasteiger partial charge in [-0.05, 0) is 35.9 Å². The van der Waals surface area contributed by atoms with E-state index in [1.807, 2.05) is 12.1 Å². The Hall–Kier alpha value is -3.06. The van der Waals surface area contributed by atoms with E-state index in [1.165, 1.54) is 7.11 Å². The summed E-state index contributed by atoms with van der Waals surface area (Å²) in [5, 5.41) is 5.43. The number of anilines is 2. The van der Waals surface area contributed by atoms with Crippen molar-refractivity contribution in [3.63, 3.8) is 0 Å². The molecule has 2 aromatic rings. The molecule has 0 radical (unpaired) electrons. The van der Waals surface area contributed by atoms with E-state index in [0.717, 1.165) is 11.3 Å². The van der Waals surface area contributed by atoms with Gasteiger partial charge in [-0.2, -0.15) is 0 Å². The summed E-state index contributed by atoms with van der Waals surface area (Å²) in [6, 6.07) is 12.3. The summed E-state index contributed by atoms with van der Waals surface area (Å²) in [5.41, 5.74) is 7.16.